The summed E-state index contributed by atoms with van der Waals surface area (Å²) in [6.45, 7) is 0. The normalized spacial score (nSPS) is 5.40. The third-order valence-electron chi connectivity index (χ3n) is 0.667. The molecule has 0 saturated carbocycles. The molecule has 3 heteroatoms. The van der Waals surface area contributed by atoms with E-state index in [-0.39, 0.29) is 35.0 Å². The Balaban J connectivity index is -0.000000114. The van der Waals surface area contributed by atoms with Gasteiger partial charge < -0.3 is 10.6 Å². The fourth-order valence-corrected chi connectivity index (χ4v) is 0.385. The van der Waals surface area contributed by atoms with Crippen LogP contribution in [0.3, 0.4) is 0 Å². The molecule has 1 aromatic rings. The standard InChI is InChI=1S/C6H6.CH4O.Na.H2O/c1-2-4-6-5-3-1;1-2;;/h1-6H;2H,1H3;;1H2/q;;+1;/p-1. The topological polar surface area (TPSA) is 50.2 Å². The van der Waals surface area contributed by atoms with Crippen molar-refractivity contribution in [3.05, 3.63) is 36.4 Å². The first-order chi connectivity index (χ1) is 4.00. The molecule has 0 aliphatic rings. The van der Waals surface area contributed by atoms with Crippen LogP contribution in [0.2, 0.25) is 0 Å². The monoisotopic (exact) mass is 150 g/mol. The van der Waals surface area contributed by atoms with E-state index in [0.717, 1.165) is 7.11 Å². The Labute approximate surface area is 83.5 Å². The second kappa shape index (κ2) is 16.1. The van der Waals surface area contributed by atoms with Crippen LogP contribution in [0.25, 0.3) is 0 Å². The Bertz CT molecular complexity index is 83.5. The van der Waals surface area contributed by atoms with E-state index in [1.165, 1.54) is 0 Å². The molecule has 2 N–H and O–H groups in total. The molecule has 2 nitrogen and oxygen atoms in total. The van der Waals surface area contributed by atoms with Crippen molar-refractivity contribution in [2.24, 2.45) is 0 Å². The molecule has 0 aromatic heterocycles. The molecular formula is C7H11NaO2. The van der Waals surface area contributed by atoms with Gasteiger partial charge in [-0.25, -0.2) is 0 Å². The SMILES string of the molecule is CO.[Na+].[OH-].c1ccccc1. The summed E-state index contributed by atoms with van der Waals surface area (Å²) in [4.78, 5) is 0. The molecule has 0 amide bonds. The maximum atomic E-state index is 7.00. The van der Waals surface area contributed by atoms with Crippen molar-refractivity contribution in [3.8, 4) is 0 Å². The smallest absolute Gasteiger partial charge is 0.870 e. The Morgan fingerprint density at radius 2 is 0.800 bits per heavy atom. The van der Waals surface area contributed by atoms with E-state index in [1.807, 2.05) is 36.4 Å². The third kappa shape index (κ3) is 11.0. The third-order valence-corrected chi connectivity index (χ3v) is 0.667. The van der Waals surface area contributed by atoms with Gasteiger partial charge in [0.2, 0.25) is 0 Å². The number of aliphatic hydroxyl groups excluding tert-OH is 1. The van der Waals surface area contributed by atoms with Gasteiger partial charge in [-0.1, -0.05) is 36.4 Å². The molecule has 0 fully saturated rings. The molecular weight excluding hydrogens is 139 g/mol. The predicted octanol–water partition coefficient (Wildman–Crippen LogP) is -1.88. The number of aliphatic hydroxyl groups is 1. The summed E-state index contributed by atoms with van der Waals surface area (Å²) >= 11 is 0. The van der Waals surface area contributed by atoms with E-state index in [0.29, 0.717) is 0 Å². The molecule has 0 aliphatic heterocycles. The van der Waals surface area contributed by atoms with E-state index in [9.17, 15) is 0 Å². The van der Waals surface area contributed by atoms with Gasteiger partial charge in [-0.15, -0.1) is 0 Å². The van der Waals surface area contributed by atoms with Crippen molar-refractivity contribution in [1.82, 2.24) is 0 Å². The molecule has 1 rings (SSSR count). The van der Waals surface area contributed by atoms with Gasteiger partial charge in [-0.05, 0) is 0 Å². The molecule has 0 unspecified atom stereocenters. The zero-order valence-electron chi connectivity index (χ0n) is 6.36. The number of hydrogen-bond donors (Lipinski definition) is 1. The zero-order valence-corrected chi connectivity index (χ0v) is 8.36. The van der Waals surface area contributed by atoms with E-state index in [4.69, 9.17) is 5.11 Å². The Kier molecular flexibility index (Phi) is 26.7. The second-order valence-corrected chi connectivity index (χ2v) is 1.15. The molecule has 1 aromatic carbocycles. The van der Waals surface area contributed by atoms with E-state index in [1.54, 1.807) is 0 Å². The van der Waals surface area contributed by atoms with Crippen LogP contribution in [0.15, 0.2) is 36.4 Å². The first-order valence-corrected chi connectivity index (χ1v) is 2.45. The minimum atomic E-state index is 0. The van der Waals surface area contributed by atoms with Gasteiger partial charge in [0.15, 0.2) is 0 Å². The minimum Gasteiger partial charge on any atom is -0.870 e. The molecule has 10 heavy (non-hydrogen) atoms. The van der Waals surface area contributed by atoms with E-state index >= 15 is 0 Å². The van der Waals surface area contributed by atoms with Crippen molar-refractivity contribution in [2.75, 3.05) is 7.11 Å². The first kappa shape index (κ1) is 16.6. The quantitative estimate of drug-likeness (QED) is 0.440. The maximum Gasteiger partial charge on any atom is 1.00 e. The van der Waals surface area contributed by atoms with Gasteiger partial charge in [-0.2, -0.15) is 0 Å². The molecule has 0 heterocycles. The molecule has 0 spiro atoms. The van der Waals surface area contributed by atoms with Crippen LogP contribution >= 0.6 is 0 Å². The molecule has 52 valence electrons. The van der Waals surface area contributed by atoms with Gasteiger partial charge in [0, 0.05) is 7.11 Å². The number of hydrogen-bond acceptors (Lipinski definition) is 2. The van der Waals surface area contributed by atoms with Crippen LogP contribution < -0.4 is 29.6 Å². The van der Waals surface area contributed by atoms with Crippen LogP contribution in [0.5, 0.6) is 0 Å². The van der Waals surface area contributed by atoms with Crippen molar-refractivity contribution in [3.63, 3.8) is 0 Å². The van der Waals surface area contributed by atoms with Gasteiger partial charge in [0.25, 0.3) is 0 Å². The molecule has 0 saturated heterocycles. The van der Waals surface area contributed by atoms with Crippen LogP contribution in [0.4, 0.5) is 0 Å². The first-order valence-electron chi connectivity index (χ1n) is 2.45. The van der Waals surface area contributed by atoms with Crippen molar-refractivity contribution >= 4 is 0 Å². The van der Waals surface area contributed by atoms with Crippen LogP contribution in [0, 0.1) is 0 Å². The Morgan fingerprint density at radius 3 is 0.900 bits per heavy atom. The molecule has 0 radical (unpaired) electrons. The summed E-state index contributed by atoms with van der Waals surface area (Å²) in [7, 11) is 1.00. The van der Waals surface area contributed by atoms with Crippen molar-refractivity contribution in [1.29, 1.82) is 0 Å². The second-order valence-electron chi connectivity index (χ2n) is 1.15. The maximum absolute atomic E-state index is 7.00. The van der Waals surface area contributed by atoms with Crippen LogP contribution in [-0.2, 0) is 0 Å². The van der Waals surface area contributed by atoms with Crippen LogP contribution in [-0.4, -0.2) is 17.7 Å². The molecule has 0 atom stereocenters. The van der Waals surface area contributed by atoms with Gasteiger partial charge in [0.1, 0.15) is 0 Å². The zero-order chi connectivity index (χ0) is 6.24. The van der Waals surface area contributed by atoms with Crippen molar-refractivity contribution in [2.45, 2.75) is 0 Å². The summed E-state index contributed by atoms with van der Waals surface area (Å²) in [5.41, 5.74) is 0. The summed E-state index contributed by atoms with van der Waals surface area (Å²) in [5.74, 6) is 0. The molecule has 0 bridgehead atoms. The van der Waals surface area contributed by atoms with Crippen molar-refractivity contribution < 1.29 is 40.1 Å². The minimum absolute atomic E-state index is 0. The summed E-state index contributed by atoms with van der Waals surface area (Å²) < 4.78 is 0. The van der Waals surface area contributed by atoms with Gasteiger partial charge in [-0.3, -0.25) is 0 Å². The van der Waals surface area contributed by atoms with Gasteiger partial charge >= 0.3 is 29.6 Å². The number of benzene rings is 1. The average molecular weight is 150 g/mol. The largest absolute Gasteiger partial charge is 1.00 e. The summed E-state index contributed by atoms with van der Waals surface area (Å²) in [6.07, 6.45) is 0. The molecule has 0 aliphatic carbocycles. The predicted molar refractivity (Wildman–Crippen MR) is 36.5 cm³/mol. The average Bonchev–Trinajstić information content (AvgIpc) is 1.96. The van der Waals surface area contributed by atoms with Gasteiger partial charge in [0.05, 0.1) is 0 Å². The number of rotatable bonds is 0. The van der Waals surface area contributed by atoms with Crippen LogP contribution in [0.1, 0.15) is 0 Å². The summed E-state index contributed by atoms with van der Waals surface area (Å²) in [6, 6.07) is 12.0. The fourth-order valence-electron chi connectivity index (χ4n) is 0.385. The Morgan fingerprint density at radius 1 is 0.700 bits per heavy atom. The Hall–Kier alpha value is 0.140. The summed E-state index contributed by atoms with van der Waals surface area (Å²) in [5, 5.41) is 7.00. The fraction of sp³-hybridized carbons (Fsp3) is 0.143. The van der Waals surface area contributed by atoms with E-state index < -0.39 is 0 Å². The van der Waals surface area contributed by atoms with E-state index in [2.05, 4.69) is 0 Å².